The second kappa shape index (κ2) is 7.73. The van der Waals surface area contributed by atoms with Crippen LogP contribution in [0.2, 0.25) is 0 Å². The first-order valence-electron chi connectivity index (χ1n) is 6.22. The smallest absolute Gasteiger partial charge is 0.341 e. The van der Waals surface area contributed by atoms with Crippen molar-refractivity contribution in [2.75, 3.05) is 25.0 Å². The Hall–Kier alpha value is -2.77. The van der Waals surface area contributed by atoms with E-state index in [0.717, 1.165) is 0 Å². The van der Waals surface area contributed by atoms with Crippen molar-refractivity contribution in [3.63, 3.8) is 0 Å². The van der Waals surface area contributed by atoms with Crippen LogP contribution in [0.3, 0.4) is 0 Å². The highest BCUT2D eigenvalue weighted by atomic mass is 16.5. The van der Waals surface area contributed by atoms with Crippen LogP contribution >= 0.6 is 0 Å². The van der Waals surface area contributed by atoms with Gasteiger partial charge in [-0.25, -0.2) is 9.59 Å². The van der Waals surface area contributed by atoms with Crippen LogP contribution in [-0.4, -0.2) is 47.6 Å². The topological polar surface area (TPSA) is 122 Å². The van der Waals surface area contributed by atoms with Crippen molar-refractivity contribution in [2.45, 2.75) is 6.92 Å². The van der Waals surface area contributed by atoms with E-state index in [-0.39, 0.29) is 12.3 Å². The number of primary amides is 1. The highest BCUT2D eigenvalue weighted by molar-refractivity contribution is 5.93. The largest absolute Gasteiger partial charge is 0.480 e. The van der Waals surface area contributed by atoms with Crippen LogP contribution < -0.4 is 15.8 Å². The number of likely N-dealkylation sites (N-methyl/N-ethyl adjacent to an activating group) is 1. The van der Waals surface area contributed by atoms with E-state index in [4.69, 9.17) is 15.6 Å². The Morgan fingerprint density at radius 3 is 2.57 bits per heavy atom. The number of hydrogen-bond acceptors (Lipinski definition) is 4. The number of nitrogens with two attached hydrogens (primary N) is 1. The van der Waals surface area contributed by atoms with Crippen LogP contribution in [0.15, 0.2) is 24.3 Å². The number of aliphatic carboxylic acids is 1. The monoisotopic (exact) mass is 295 g/mol. The molecule has 0 spiro atoms. The highest BCUT2D eigenvalue weighted by Gasteiger charge is 2.16. The fraction of sp³-hybridized carbons (Fsp3) is 0.308. The van der Waals surface area contributed by atoms with E-state index in [1.54, 1.807) is 25.1 Å². The molecule has 1 aromatic carbocycles. The lowest BCUT2D eigenvalue weighted by atomic mass is 10.3. The number of carboxylic acids is 1. The molecule has 4 N–H and O–H groups in total. The molecule has 114 valence electrons. The summed E-state index contributed by atoms with van der Waals surface area (Å²) < 4.78 is 5.07. The number of carbonyl (C=O) groups is 3. The van der Waals surface area contributed by atoms with Gasteiger partial charge < -0.3 is 25.8 Å². The Kier molecular flexibility index (Phi) is 5.99. The van der Waals surface area contributed by atoms with Crippen molar-refractivity contribution in [3.05, 3.63) is 24.3 Å². The molecule has 0 aliphatic rings. The first-order chi connectivity index (χ1) is 9.93. The third-order valence-corrected chi connectivity index (χ3v) is 2.50. The summed E-state index contributed by atoms with van der Waals surface area (Å²) in [4.78, 5) is 34.6. The van der Waals surface area contributed by atoms with E-state index in [0.29, 0.717) is 12.2 Å². The van der Waals surface area contributed by atoms with Crippen LogP contribution in [0.25, 0.3) is 0 Å². The third kappa shape index (κ3) is 5.39. The number of carboxylic acid groups (broad SMARTS) is 1. The molecule has 0 saturated heterocycles. The summed E-state index contributed by atoms with van der Waals surface area (Å²) in [6.45, 7) is 1.27. The van der Waals surface area contributed by atoms with E-state index in [1.807, 2.05) is 0 Å². The Morgan fingerprint density at radius 2 is 2.00 bits per heavy atom. The van der Waals surface area contributed by atoms with Gasteiger partial charge in [-0.3, -0.25) is 4.79 Å². The minimum absolute atomic E-state index is 0.208. The molecular weight excluding hydrogens is 278 g/mol. The van der Waals surface area contributed by atoms with Crippen LogP contribution in [0.4, 0.5) is 10.5 Å². The van der Waals surface area contributed by atoms with Crippen LogP contribution in [0, 0.1) is 0 Å². The zero-order valence-corrected chi connectivity index (χ0v) is 11.5. The summed E-state index contributed by atoms with van der Waals surface area (Å²) in [5.74, 6) is -1.52. The lowest BCUT2D eigenvalue weighted by Crippen LogP contribution is -2.40. The highest BCUT2D eigenvalue weighted by Crippen LogP contribution is 2.23. The summed E-state index contributed by atoms with van der Waals surface area (Å²) in [5.41, 5.74) is 5.37. The molecule has 1 aromatic rings. The van der Waals surface area contributed by atoms with Crippen LogP contribution in [0.1, 0.15) is 6.92 Å². The van der Waals surface area contributed by atoms with Gasteiger partial charge in [-0.15, -0.1) is 0 Å². The molecule has 0 aliphatic heterocycles. The second-order valence-electron chi connectivity index (χ2n) is 4.09. The molecule has 0 fully saturated rings. The molecule has 0 bridgehead atoms. The molecular formula is C13H17N3O5. The second-order valence-corrected chi connectivity index (χ2v) is 4.09. The first-order valence-corrected chi connectivity index (χ1v) is 6.22. The van der Waals surface area contributed by atoms with Gasteiger partial charge in [0.2, 0.25) is 5.91 Å². The van der Waals surface area contributed by atoms with Crippen molar-refractivity contribution < 1.29 is 24.2 Å². The van der Waals surface area contributed by atoms with Crippen molar-refractivity contribution in [2.24, 2.45) is 5.73 Å². The Labute approximate surface area is 121 Å². The van der Waals surface area contributed by atoms with Crippen LogP contribution in [0.5, 0.6) is 5.75 Å². The third-order valence-electron chi connectivity index (χ3n) is 2.50. The van der Waals surface area contributed by atoms with Crippen molar-refractivity contribution >= 4 is 23.6 Å². The maximum Gasteiger partial charge on any atom is 0.341 e. The van der Waals surface area contributed by atoms with Gasteiger partial charge in [0.1, 0.15) is 12.3 Å². The van der Waals surface area contributed by atoms with Gasteiger partial charge in [0.15, 0.2) is 6.61 Å². The predicted molar refractivity (Wildman–Crippen MR) is 75.0 cm³/mol. The minimum Gasteiger partial charge on any atom is -0.480 e. The Balaban J connectivity index is 2.79. The summed E-state index contributed by atoms with van der Waals surface area (Å²) in [6, 6.07) is 5.88. The number of benzene rings is 1. The van der Waals surface area contributed by atoms with Crippen LogP contribution in [-0.2, 0) is 9.59 Å². The molecule has 0 aromatic heterocycles. The molecule has 21 heavy (non-hydrogen) atoms. The van der Waals surface area contributed by atoms with E-state index in [9.17, 15) is 14.4 Å². The standard InChI is InChI=1S/C13H17N3O5/c1-2-16(7-11(14)17)13(20)15-9-5-3-4-6-10(9)21-8-12(18)19/h3-6H,2,7-8H2,1H3,(H2,14,17)(H,15,20)(H,18,19). The predicted octanol–water partition coefficient (Wildman–Crippen LogP) is 0.489. The molecule has 1 rings (SSSR count). The van der Waals surface area contributed by atoms with Crippen molar-refractivity contribution in [3.8, 4) is 5.75 Å². The molecule has 0 radical (unpaired) electrons. The zero-order chi connectivity index (χ0) is 15.8. The normalized spacial score (nSPS) is 9.76. The van der Waals surface area contributed by atoms with E-state index in [1.165, 1.54) is 11.0 Å². The number of urea groups is 1. The van der Waals surface area contributed by atoms with E-state index in [2.05, 4.69) is 5.32 Å². The van der Waals surface area contributed by atoms with Gasteiger partial charge in [0, 0.05) is 6.54 Å². The summed E-state index contributed by atoms with van der Waals surface area (Å²) in [6.07, 6.45) is 0. The maximum absolute atomic E-state index is 12.0. The lowest BCUT2D eigenvalue weighted by molar-refractivity contribution is -0.139. The maximum atomic E-state index is 12.0. The molecule has 0 saturated carbocycles. The lowest BCUT2D eigenvalue weighted by Gasteiger charge is -2.20. The van der Waals surface area contributed by atoms with Crippen molar-refractivity contribution in [1.29, 1.82) is 0 Å². The van der Waals surface area contributed by atoms with Gasteiger partial charge in [-0.2, -0.15) is 0 Å². The minimum atomic E-state index is -1.12. The molecule has 0 heterocycles. The van der Waals surface area contributed by atoms with Crippen molar-refractivity contribution in [1.82, 2.24) is 4.90 Å². The number of ether oxygens (including phenoxy) is 1. The van der Waals surface area contributed by atoms with Gasteiger partial charge in [-0.05, 0) is 19.1 Å². The fourth-order valence-electron chi connectivity index (χ4n) is 1.54. The average molecular weight is 295 g/mol. The summed E-state index contributed by atoms with van der Waals surface area (Å²) in [5, 5.41) is 11.2. The average Bonchev–Trinajstić information content (AvgIpc) is 2.43. The number of amides is 3. The number of nitrogens with zero attached hydrogens (tertiary/aromatic N) is 1. The van der Waals surface area contributed by atoms with Gasteiger partial charge in [0.25, 0.3) is 0 Å². The SMILES string of the molecule is CCN(CC(N)=O)C(=O)Nc1ccccc1OCC(=O)O. The molecule has 8 nitrogen and oxygen atoms in total. The molecule has 3 amide bonds. The molecule has 8 heteroatoms. The summed E-state index contributed by atoms with van der Waals surface area (Å²) >= 11 is 0. The number of hydrogen-bond donors (Lipinski definition) is 3. The molecule has 0 unspecified atom stereocenters. The van der Waals surface area contributed by atoms with E-state index < -0.39 is 24.5 Å². The van der Waals surface area contributed by atoms with E-state index >= 15 is 0 Å². The zero-order valence-electron chi connectivity index (χ0n) is 11.5. The number of rotatable bonds is 7. The fourth-order valence-corrected chi connectivity index (χ4v) is 1.54. The Morgan fingerprint density at radius 1 is 1.33 bits per heavy atom. The molecule has 0 aliphatic carbocycles. The number of nitrogens with one attached hydrogen (secondary N) is 1. The quantitative estimate of drug-likeness (QED) is 0.675. The van der Waals surface area contributed by atoms with Gasteiger partial charge >= 0.3 is 12.0 Å². The Bertz CT molecular complexity index is 532. The first kappa shape index (κ1) is 16.3. The summed E-state index contributed by atoms with van der Waals surface area (Å²) in [7, 11) is 0. The van der Waals surface area contributed by atoms with Gasteiger partial charge in [-0.1, -0.05) is 12.1 Å². The number of anilines is 1. The number of para-hydroxylation sites is 2. The number of carbonyl (C=O) groups excluding carboxylic acids is 2. The van der Waals surface area contributed by atoms with Gasteiger partial charge in [0.05, 0.1) is 5.69 Å². The molecule has 0 atom stereocenters.